The van der Waals surface area contributed by atoms with Gasteiger partial charge in [-0.15, -0.1) is 0 Å². The van der Waals surface area contributed by atoms with E-state index in [1.165, 1.54) is 19.2 Å². The molecule has 0 amide bonds. The Balaban J connectivity index is 2.51. The lowest BCUT2D eigenvalue weighted by atomic mass is 10.0. The van der Waals surface area contributed by atoms with Crippen molar-refractivity contribution in [3.8, 4) is 5.75 Å². The van der Waals surface area contributed by atoms with Crippen molar-refractivity contribution in [1.82, 2.24) is 15.0 Å². The van der Waals surface area contributed by atoms with Gasteiger partial charge >= 0.3 is 0 Å². The van der Waals surface area contributed by atoms with Crippen molar-refractivity contribution in [2.24, 2.45) is 12.9 Å². The Labute approximate surface area is 104 Å². The molecule has 0 saturated heterocycles. The predicted molar refractivity (Wildman–Crippen MR) is 65.3 cm³/mol. The minimum absolute atomic E-state index is 0.340. The molecule has 1 atom stereocenters. The van der Waals surface area contributed by atoms with Crippen LogP contribution in [0.15, 0.2) is 30.7 Å². The van der Waals surface area contributed by atoms with Crippen LogP contribution in [0.5, 0.6) is 5.75 Å². The quantitative estimate of drug-likeness (QED) is 0.630. The fourth-order valence-electron chi connectivity index (χ4n) is 1.91. The summed E-state index contributed by atoms with van der Waals surface area (Å²) < 4.78 is 20.4. The number of rotatable bonds is 4. The minimum atomic E-state index is -0.386. The number of methoxy groups -OCH3 is 1. The van der Waals surface area contributed by atoms with E-state index in [9.17, 15) is 4.39 Å². The van der Waals surface area contributed by atoms with Crippen LogP contribution in [0.4, 0.5) is 4.39 Å². The van der Waals surface area contributed by atoms with Crippen molar-refractivity contribution in [3.63, 3.8) is 0 Å². The van der Waals surface area contributed by atoms with Gasteiger partial charge in [0.2, 0.25) is 0 Å². The first-order valence-corrected chi connectivity index (χ1v) is 5.43. The second-order valence-corrected chi connectivity index (χ2v) is 3.92. The Morgan fingerprint density at radius 1 is 1.50 bits per heavy atom. The molecule has 1 aromatic carbocycles. The summed E-state index contributed by atoms with van der Waals surface area (Å²) in [6.45, 7) is 0. The highest BCUT2D eigenvalue weighted by atomic mass is 19.1. The van der Waals surface area contributed by atoms with E-state index in [-0.39, 0.29) is 11.9 Å². The molecular formula is C12H15FN4O. The molecule has 0 aliphatic heterocycles. The summed E-state index contributed by atoms with van der Waals surface area (Å²) in [5.41, 5.74) is 4.11. The summed E-state index contributed by atoms with van der Waals surface area (Å²) in [7, 11) is 3.38. The number of hydrogen-bond acceptors (Lipinski definition) is 4. The third-order valence-corrected chi connectivity index (χ3v) is 2.82. The van der Waals surface area contributed by atoms with Gasteiger partial charge in [-0.3, -0.25) is 5.84 Å². The van der Waals surface area contributed by atoms with E-state index in [0.717, 1.165) is 5.69 Å². The lowest BCUT2D eigenvalue weighted by Gasteiger charge is -2.19. The van der Waals surface area contributed by atoms with Crippen LogP contribution in [0.1, 0.15) is 17.3 Å². The minimum Gasteiger partial charge on any atom is -0.496 e. The largest absolute Gasteiger partial charge is 0.496 e. The maximum Gasteiger partial charge on any atom is 0.124 e. The van der Waals surface area contributed by atoms with Crippen LogP contribution in [0.2, 0.25) is 0 Å². The number of nitrogens with one attached hydrogen (secondary N) is 1. The fourth-order valence-corrected chi connectivity index (χ4v) is 1.91. The molecule has 1 unspecified atom stereocenters. The van der Waals surface area contributed by atoms with E-state index in [1.807, 2.05) is 11.6 Å². The van der Waals surface area contributed by atoms with Gasteiger partial charge in [0.15, 0.2) is 0 Å². The van der Waals surface area contributed by atoms with Gasteiger partial charge in [0, 0.05) is 12.6 Å². The zero-order valence-corrected chi connectivity index (χ0v) is 10.2. The van der Waals surface area contributed by atoms with E-state index in [0.29, 0.717) is 11.3 Å². The van der Waals surface area contributed by atoms with Crippen LogP contribution in [-0.4, -0.2) is 16.7 Å². The van der Waals surface area contributed by atoms with Crippen LogP contribution >= 0.6 is 0 Å². The van der Waals surface area contributed by atoms with Gasteiger partial charge < -0.3 is 9.30 Å². The summed E-state index contributed by atoms with van der Waals surface area (Å²) in [6, 6.07) is 3.93. The van der Waals surface area contributed by atoms with Gasteiger partial charge in [-0.25, -0.2) is 14.8 Å². The number of benzene rings is 1. The van der Waals surface area contributed by atoms with E-state index in [4.69, 9.17) is 10.6 Å². The highest BCUT2D eigenvalue weighted by Crippen LogP contribution is 2.29. The number of aromatic nitrogens is 2. The lowest BCUT2D eigenvalue weighted by Crippen LogP contribution is -2.30. The highest BCUT2D eigenvalue weighted by Gasteiger charge is 2.20. The molecule has 3 N–H and O–H groups in total. The fraction of sp³-hybridized carbons (Fsp3) is 0.250. The first-order valence-electron chi connectivity index (χ1n) is 5.43. The van der Waals surface area contributed by atoms with Gasteiger partial charge in [0.05, 0.1) is 31.4 Å². The van der Waals surface area contributed by atoms with Gasteiger partial charge in [-0.2, -0.15) is 0 Å². The highest BCUT2D eigenvalue weighted by molar-refractivity contribution is 5.40. The number of halogens is 1. The van der Waals surface area contributed by atoms with Gasteiger partial charge in [0.1, 0.15) is 11.6 Å². The predicted octanol–water partition coefficient (Wildman–Crippen LogP) is 1.12. The normalized spacial score (nSPS) is 12.4. The average Bonchev–Trinajstić information content (AvgIpc) is 2.77. The van der Waals surface area contributed by atoms with E-state index in [1.54, 1.807) is 18.6 Å². The average molecular weight is 250 g/mol. The summed E-state index contributed by atoms with van der Waals surface area (Å²) >= 11 is 0. The molecule has 96 valence electrons. The zero-order chi connectivity index (χ0) is 13.1. The number of aryl methyl sites for hydroxylation is 1. The second-order valence-electron chi connectivity index (χ2n) is 3.92. The topological polar surface area (TPSA) is 65.1 Å². The number of hydrogen-bond donors (Lipinski definition) is 2. The molecule has 0 spiro atoms. The van der Waals surface area contributed by atoms with Crippen LogP contribution < -0.4 is 16.0 Å². The summed E-state index contributed by atoms with van der Waals surface area (Å²) in [4.78, 5) is 4.03. The molecule has 6 heteroatoms. The maximum atomic E-state index is 13.4. The third-order valence-electron chi connectivity index (χ3n) is 2.82. The maximum absolute atomic E-state index is 13.4. The Morgan fingerprint density at radius 3 is 2.83 bits per heavy atom. The molecule has 2 rings (SSSR count). The van der Waals surface area contributed by atoms with Crippen molar-refractivity contribution in [1.29, 1.82) is 0 Å². The van der Waals surface area contributed by atoms with Crippen LogP contribution in [0.25, 0.3) is 0 Å². The first kappa shape index (κ1) is 12.5. The summed E-state index contributed by atoms with van der Waals surface area (Å²) in [5.74, 6) is 5.80. The van der Waals surface area contributed by atoms with E-state index in [2.05, 4.69) is 10.4 Å². The molecule has 0 aliphatic carbocycles. The first-order chi connectivity index (χ1) is 8.67. The van der Waals surface area contributed by atoms with Crippen molar-refractivity contribution < 1.29 is 9.13 Å². The number of nitrogens with two attached hydrogens (primary N) is 1. The molecule has 1 heterocycles. The monoisotopic (exact) mass is 250 g/mol. The van der Waals surface area contributed by atoms with Crippen LogP contribution in [-0.2, 0) is 7.05 Å². The molecule has 0 radical (unpaired) electrons. The smallest absolute Gasteiger partial charge is 0.124 e. The number of nitrogens with zero attached hydrogens (tertiary/aromatic N) is 2. The third kappa shape index (κ3) is 2.20. The molecule has 0 saturated carbocycles. The van der Waals surface area contributed by atoms with Crippen LogP contribution in [0.3, 0.4) is 0 Å². The molecule has 2 aromatic rings. The lowest BCUT2D eigenvalue weighted by molar-refractivity contribution is 0.401. The van der Waals surface area contributed by atoms with Crippen molar-refractivity contribution in [2.75, 3.05) is 7.11 Å². The molecule has 0 bridgehead atoms. The number of hydrazine groups is 1. The molecule has 1 aromatic heterocycles. The van der Waals surface area contributed by atoms with Gasteiger partial charge in [-0.05, 0) is 18.2 Å². The molecule has 0 fully saturated rings. The Morgan fingerprint density at radius 2 is 2.28 bits per heavy atom. The molecular weight excluding hydrogens is 235 g/mol. The summed E-state index contributed by atoms with van der Waals surface area (Å²) in [5, 5.41) is 0. The summed E-state index contributed by atoms with van der Waals surface area (Å²) in [6.07, 6.45) is 3.33. The molecule has 18 heavy (non-hydrogen) atoms. The SMILES string of the molecule is COc1ccc(F)cc1C(NN)c1cncn1C. The molecule has 0 aliphatic rings. The van der Waals surface area contributed by atoms with Gasteiger partial charge in [0.25, 0.3) is 0 Å². The van der Waals surface area contributed by atoms with Gasteiger partial charge in [-0.1, -0.05) is 0 Å². The Bertz CT molecular complexity index is 541. The van der Waals surface area contributed by atoms with E-state index >= 15 is 0 Å². The number of imidazole rings is 1. The Kier molecular flexibility index (Phi) is 3.59. The van der Waals surface area contributed by atoms with E-state index < -0.39 is 0 Å². The number of ether oxygens (including phenoxy) is 1. The second kappa shape index (κ2) is 5.16. The molecule has 5 nitrogen and oxygen atoms in total. The van der Waals surface area contributed by atoms with Crippen molar-refractivity contribution >= 4 is 0 Å². The van der Waals surface area contributed by atoms with Crippen LogP contribution in [0, 0.1) is 5.82 Å². The van der Waals surface area contributed by atoms with Crippen molar-refractivity contribution in [2.45, 2.75) is 6.04 Å². The zero-order valence-electron chi connectivity index (χ0n) is 10.2. The standard InChI is InChI=1S/C12H15FN4O/c1-17-7-15-6-10(17)12(16-14)9-5-8(13)3-4-11(9)18-2/h3-7,12,16H,14H2,1-2H3. The Hall–Kier alpha value is -1.92. The van der Waals surface area contributed by atoms with Crippen molar-refractivity contribution in [3.05, 3.63) is 47.8 Å².